The summed E-state index contributed by atoms with van der Waals surface area (Å²) in [6, 6.07) is 5.24. The van der Waals surface area contributed by atoms with Gasteiger partial charge in [0.05, 0.1) is 30.8 Å². The van der Waals surface area contributed by atoms with Crippen LogP contribution in [0.4, 0.5) is 5.69 Å². The normalized spacial score (nSPS) is 35.1. The van der Waals surface area contributed by atoms with Crippen LogP contribution < -0.4 is 4.90 Å². The average Bonchev–Trinajstić information content (AvgIpc) is 3.15. The van der Waals surface area contributed by atoms with Crippen LogP contribution in [0.1, 0.15) is 26.7 Å². The first-order chi connectivity index (χ1) is 16.8. The zero-order valence-corrected chi connectivity index (χ0v) is 20.5. The van der Waals surface area contributed by atoms with Crippen molar-refractivity contribution >= 4 is 35.1 Å². The molecule has 6 atom stereocenters. The second kappa shape index (κ2) is 8.76. The third kappa shape index (κ3) is 3.53. The van der Waals surface area contributed by atoms with Crippen LogP contribution in [-0.4, -0.2) is 70.8 Å². The number of ether oxygens (including phenoxy) is 2. The molecule has 35 heavy (non-hydrogen) atoms. The standard InChI is InChI=1S/C26H29ClN2O6/c1-3-17(15-30)29-21-23(32)28(18-9-7-16(27)8-10-18)13-6-12-26(21)19(22(29)31)20-24(33)34-14-5-4-11-25(20,2)35-26/h4,6-12,17,19-21,30H,3,5,13-15H2,1-2H3/t17-,19-,20+,21?,25-,26-/m0/s1. The van der Waals surface area contributed by atoms with E-state index in [1.165, 1.54) is 4.90 Å². The number of nitrogens with zero attached hydrogens (tertiary/aromatic N) is 2. The number of cyclic esters (lactones) is 1. The Morgan fingerprint density at radius 3 is 2.54 bits per heavy atom. The molecule has 2 saturated heterocycles. The van der Waals surface area contributed by atoms with Crippen molar-refractivity contribution in [2.75, 3.05) is 24.7 Å². The Morgan fingerprint density at radius 2 is 1.86 bits per heavy atom. The zero-order chi connectivity index (χ0) is 25.0. The number of benzene rings is 1. The molecular formula is C26H29ClN2O6. The summed E-state index contributed by atoms with van der Waals surface area (Å²) in [4.78, 5) is 44.6. The number of anilines is 1. The topological polar surface area (TPSA) is 96.4 Å². The van der Waals surface area contributed by atoms with Gasteiger partial charge in [-0.05, 0) is 44.0 Å². The zero-order valence-electron chi connectivity index (χ0n) is 19.7. The molecule has 1 aromatic rings. The van der Waals surface area contributed by atoms with Crippen LogP contribution in [0.3, 0.4) is 0 Å². The third-order valence-electron chi connectivity index (χ3n) is 7.67. The molecule has 0 saturated carbocycles. The predicted octanol–water partition coefficient (Wildman–Crippen LogP) is 2.49. The van der Waals surface area contributed by atoms with E-state index >= 15 is 0 Å². The number of likely N-dealkylation sites (tertiary alicyclic amines) is 1. The lowest BCUT2D eigenvalue weighted by molar-refractivity contribution is -0.160. The van der Waals surface area contributed by atoms with E-state index in [2.05, 4.69) is 0 Å². The smallest absolute Gasteiger partial charge is 0.313 e. The fourth-order valence-electron chi connectivity index (χ4n) is 6.09. The first-order valence-electron chi connectivity index (χ1n) is 12.0. The Bertz CT molecular complexity index is 1100. The number of amides is 2. The van der Waals surface area contributed by atoms with Crippen LogP contribution in [0.2, 0.25) is 5.02 Å². The number of aliphatic hydroxyl groups excluding tert-OH is 1. The summed E-state index contributed by atoms with van der Waals surface area (Å²) in [6.07, 6.45) is 8.28. The first kappa shape index (κ1) is 24.0. The van der Waals surface area contributed by atoms with E-state index in [0.717, 1.165) is 0 Å². The molecule has 1 N–H and O–H groups in total. The highest BCUT2D eigenvalue weighted by Crippen LogP contribution is 2.57. The minimum absolute atomic E-state index is 0.219. The summed E-state index contributed by atoms with van der Waals surface area (Å²) in [7, 11) is 0. The lowest BCUT2D eigenvalue weighted by Crippen LogP contribution is -2.58. The van der Waals surface area contributed by atoms with Gasteiger partial charge >= 0.3 is 5.97 Å². The summed E-state index contributed by atoms with van der Waals surface area (Å²) < 4.78 is 12.2. The molecule has 186 valence electrons. The SMILES string of the molecule is CC[C@@H](CO)N1C(=O)[C@@H]2[C@@H]3C(=O)OCCC=C[C@]3(C)O[C@@]23C=CCN(c2ccc(Cl)cc2)C(=O)C13. The molecule has 1 spiro atoms. The van der Waals surface area contributed by atoms with Crippen molar-refractivity contribution in [2.45, 2.75) is 50.0 Å². The summed E-state index contributed by atoms with van der Waals surface area (Å²) in [6.45, 7) is 3.78. The second-order valence-corrected chi connectivity index (χ2v) is 10.1. The highest BCUT2D eigenvalue weighted by Gasteiger charge is 2.75. The van der Waals surface area contributed by atoms with Crippen molar-refractivity contribution in [3.8, 4) is 0 Å². The van der Waals surface area contributed by atoms with E-state index < -0.39 is 41.1 Å². The van der Waals surface area contributed by atoms with Gasteiger partial charge in [0.15, 0.2) is 0 Å². The maximum absolute atomic E-state index is 14.2. The number of carbonyl (C=O) groups is 3. The van der Waals surface area contributed by atoms with Gasteiger partial charge in [0.1, 0.15) is 17.6 Å². The van der Waals surface area contributed by atoms with Crippen LogP contribution >= 0.6 is 11.6 Å². The van der Waals surface area contributed by atoms with E-state index in [9.17, 15) is 19.5 Å². The van der Waals surface area contributed by atoms with E-state index in [4.69, 9.17) is 21.1 Å². The second-order valence-electron chi connectivity index (χ2n) is 9.67. The minimum Gasteiger partial charge on any atom is -0.465 e. The molecule has 8 nitrogen and oxygen atoms in total. The van der Waals surface area contributed by atoms with E-state index in [0.29, 0.717) is 23.6 Å². The van der Waals surface area contributed by atoms with Crippen LogP contribution in [0, 0.1) is 11.8 Å². The molecule has 4 heterocycles. The third-order valence-corrected chi connectivity index (χ3v) is 7.92. The quantitative estimate of drug-likeness (QED) is 0.504. The van der Waals surface area contributed by atoms with E-state index in [1.807, 2.05) is 25.2 Å². The number of hydrogen-bond acceptors (Lipinski definition) is 6. The van der Waals surface area contributed by atoms with Gasteiger partial charge in [-0.25, -0.2) is 0 Å². The van der Waals surface area contributed by atoms with Crippen molar-refractivity contribution in [1.82, 2.24) is 4.90 Å². The molecule has 4 aliphatic heterocycles. The Morgan fingerprint density at radius 1 is 1.11 bits per heavy atom. The number of carbonyl (C=O) groups excluding carboxylic acids is 3. The predicted molar refractivity (Wildman–Crippen MR) is 129 cm³/mol. The minimum atomic E-state index is -1.38. The molecule has 0 bridgehead atoms. The Balaban J connectivity index is 1.68. The molecule has 0 aromatic heterocycles. The highest BCUT2D eigenvalue weighted by atomic mass is 35.5. The molecule has 5 rings (SSSR count). The largest absolute Gasteiger partial charge is 0.465 e. The summed E-state index contributed by atoms with van der Waals surface area (Å²) >= 11 is 6.06. The highest BCUT2D eigenvalue weighted by molar-refractivity contribution is 6.30. The van der Waals surface area contributed by atoms with Gasteiger partial charge in [-0.3, -0.25) is 14.4 Å². The van der Waals surface area contributed by atoms with Crippen LogP contribution in [0.5, 0.6) is 0 Å². The number of rotatable bonds is 4. The van der Waals surface area contributed by atoms with Gasteiger partial charge in [0.2, 0.25) is 5.91 Å². The molecule has 0 aliphatic carbocycles. The fourth-order valence-corrected chi connectivity index (χ4v) is 6.21. The molecular weight excluding hydrogens is 472 g/mol. The van der Waals surface area contributed by atoms with Gasteiger partial charge in [-0.1, -0.05) is 42.8 Å². The van der Waals surface area contributed by atoms with E-state index in [-0.39, 0.29) is 31.6 Å². The maximum atomic E-state index is 14.2. The van der Waals surface area contributed by atoms with E-state index in [1.54, 1.807) is 42.2 Å². The lowest BCUT2D eigenvalue weighted by atomic mass is 9.74. The monoisotopic (exact) mass is 500 g/mol. The average molecular weight is 501 g/mol. The van der Waals surface area contributed by atoms with Crippen molar-refractivity contribution < 1.29 is 29.0 Å². The maximum Gasteiger partial charge on any atom is 0.313 e. The van der Waals surface area contributed by atoms with Gasteiger partial charge < -0.3 is 24.4 Å². The Hall–Kier alpha value is -2.68. The van der Waals surface area contributed by atoms with Crippen molar-refractivity contribution in [1.29, 1.82) is 0 Å². The molecule has 0 radical (unpaired) electrons. The molecule has 9 heteroatoms. The van der Waals surface area contributed by atoms with Crippen molar-refractivity contribution in [3.63, 3.8) is 0 Å². The van der Waals surface area contributed by atoms with Gasteiger partial charge in [-0.15, -0.1) is 0 Å². The molecule has 4 aliphatic rings. The molecule has 2 fully saturated rings. The number of esters is 1. The van der Waals surface area contributed by atoms with Gasteiger partial charge in [-0.2, -0.15) is 0 Å². The van der Waals surface area contributed by atoms with Crippen LogP contribution in [0.15, 0.2) is 48.6 Å². The van der Waals surface area contributed by atoms with Gasteiger partial charge in [0, 0.05) is 17.3 Å². The Kier molecular flexibility index (Phi) is 6.02. The summed E-state index contributed by atoms with van der Waals surface area (Å²) in [5.41, 5.74) is -1.88. The van der Waals surface area contributed by atoms with Crippen LogP contribution in [-0.2, 0) is 23.9 Å². The fraction of sp³-hybridized carbons (Fsp3) is 0.500. The number of halogens is 1. The first-order valence-corrected chi connectivity index (χ1v) is 12.4. The summed E-state index contributed by atoms with van der Waals surface area (Å²) in [5, 5.41) is 10.7. The van der Waals surface area contributed by atoms with Crippen molar-refractivity contribution in [2.24, 2.45) is 11.8 Å². The van der Waals surface area contributed by atoms with Gasteiger partial charge in [0.25, 0.3) is 5.91 Å². The number of hydrogen-bond donors (Lipinski definition) is 1. The number of aliphatic hydroxyl groups is 1. The summed E-state index contributed by atoms with van der Waals surface area (Å²) in [5.74, 6) is -3.11. The molecule has 1 aromatic carbocycles. The number of fused-ring (bicyclic) bond motifs is 2. The Labute approximate surface area is 209 Å². The lowest BCUT2D eigenvalue weighted by Gasteiger charge is -2.40. The molecule has 2 amide bonds. The molecule has 1 unspecified atom stereocenters. The van der Waals surface area contributed by atoms with Crippen molar-refractivity contribution in [3.05, 3.63) is 53.6 Å². The van der Waals surface area contributed by atoms with Crippen LogP contribution in [0.25, 0.3) is 0 Å².